The summed E-state index contributed by atoms with van der Waals surface area (Å²) in [5, 5.41) is 0. The van der Waals surface area contributed by atoms with E-state index >= 15 is 0 Å². The molecule has 2 aliphatic rings. The van der Waals surface area contributed by atoms with Crippen molar-refractivity contribution >= 4 is 23.5 Å². The van der Waals surface area contributed by atoms with Gasteiger partial charge in [0.15, 0.2) is 0 Å². The van der Waals surface area contributed by atoms with Gasteiger partial charge in [0.25, 0.3) is 17.7 Å². The van der Waals surface area contributed by atoms with Crippen LogP contribution in [0.3, 0.4) is 0 Å². The van der Waals surface area contributed by atoms with E-state index in [2.05, 4.69) is 0 Å². The molecule has 2 aromatic carbocycles. The summed E-state index contributed by atoms with van der Waals surface area (Å²) in [5.74, 6) is -1.64. The summed E-state index contributed by atoms with van der Waals surface area (Å²) in [6.45, 7) is 0.296. The summed E-state index contributed by atoms with van der Waals surface area (Å²) in [7, 11) is 0. The first kappa shape index (κ1) is 18.8. The van der Waals surface area contributed by atoms with Crippen LogP contribution in [0.1, 0.15) is 45.5 Å². The Morgan fingerprint density at radius 2 is 1.45 bits per heavy atom. The summed E-state index contributed by atoms with van der Waals surface area (Å²) in [6.07, 6.45) is 4.04. The van der Waals surface area contributed by atoms with E-state index in [4.69, 9.17) is 0 Å². The molecule has 1 atom stereocenters. The van der Waals surface area contributed by atoms with E-state index in [-0.39, 0.29) is 29.8 Å². The van der Waals surface area contributed by atoms with Crippen LogP contribution < -0.4 is 0 Å². The number of nitrogens with zero attached hydrogens (tertiary/aromatic N) is 2. The predicted molar refractivity (Wildman–Crippen MR) is 106 cm³/mol. The average Bonchev–Trinajstić information content (AvgIpc) is 3.01. The number of fused-ring (bicyclic) bond motifs is 1. The molecule has 6 nitrogen and oxygen atoms in total. The van der Waals surface area contributed by atoms with Crippen molar-refractivity contribution in [2.24, 2.45) is 0 Å². The van der Waals surface area contributed by atoms with Crippen molar-refractivity contribution in [2.75, 3.05) is 0 Å². The third-order valence-corrected chi connectivity index (χ3v) is 5.20. The van der Waals surface area contributed by atoms with Gasteiger partial charge in [-0.25, -0.2) is 0 Å². The molecule has 0 fully saturated rings. The first-order valence-electron chi connectivity index (χ1n) is 9.56. The van der Waals surface area contributed by atoms with Crippen LogP contribution in [-0.4, -0.2) is 39.3 Å². The van der Waals surface area contributed by atoms with E-state index in [0.29, 0.717) is 13.0 Å². The molecule has 29 heavy (non-hydrogen) atoms. The molecular formula is C23H20N2O4. The molecule has 2 heterocycles. The molecule has 2 aromatic rings. The van der Waals surface area contributed by atoms with E-state index in [1.54, 1.807) is 36.5 Å². The Labute approximate surface area is 168 Å². The van der Waals surface area contributed by atoms with E-state index < -0.39 is 23.8 Å². The summed E-state index contributed by atoms with van der Waals surface area (Å²) in [5.41, 5.74) is 1.45. The number of allylic oxidation sites excluding steroid dienone is 1. The fourth-order valence-corrected chi connectivity index (χ4v) is 3.72. The number of imide groups is 1. The zero-order valence-electron chi connectivity index (χ0n) is 15.8. The van der Waals surface area contributed by atoms with Gasteiger partial charge in [-0.3, -0.25) is 24.1 Å². The van der Waals surface area contributed by atoms with Gasteiger partial charge in [-0.1, -0.05) is 48.5 Å². The SMILES string of the molecule is O=C1CC/C=C\N(Cc2ccccc2)C(=O)C(N2C(=O)c3ccccc3C2=O)C1. The Morgan fingerprint density at radius 1 is 0.828 bits per heavy atom. The van der Waals surface area contributed by atoms with Crippen molar-refractivity contribution in [3.8, 4) is 0 Å². The van der Waals surface area contributed by atoms with Crippen LogP contribution in [0.2, 0.25) is 0 Å². The molecule has 146 valence electrons. The third kappa shape index (κ3) is 3.61. The largest absolute Gasteiger partial charge is 0.313 e. The van der Waals surface area contributed by atoms with Crippen LogP contribution >= 0.6 is 0 Å². The minimum atomic E-state index is -1.15. The number of rotatable bonds is 3. The molecule has 4 rings (SSSR count). The molecule has 0 aromatic heterocycles. The number of amides is 3. The molecule has 0 N–H and O–H groups in total. The number of carbonyl (C=O) groups excluding carboxylic acids is 4. The number of benzene rings is 2. The standard InChI is InChI=1S/C23H20N2O4/c26-17-10-6-7-13-24(15-16-8-2-1-3-9-16)23(29)20(14-17)25-21(27)18-11-4-5-12-19(18)22(25)28/h1-5,7-9,11-13,20H,6,10,14-15H2/b13-7-. The second-order valence-electron chi connectivity index (χ2n) is 7.16. The lowest BCUT2D eigenvalue weighted by atomic mass is 10.0. The van der Waals surface area contributed by atoms with Gasteiger partial charge < -0.3 is 4.90 Å². The number of hydrogen-bond acceptors (Lipinski definition) is 4. The molecule has 0 bridgehead atoms. The molecule has 6 heteroatoms. The highest BCUT2D eigenvalue weighted by Gasteiger charge is 2.44. The topological polar surface area (TPSA) is 74.8 Å². The molecule has 3 amide bonds. The third-order valence-electron chi connectivity index (χ3n) is 5.20. The van der Waals surface area contributed by atoms with Crippen molar-refractivity contribution in [1.82, 2.24) is 9.80 Å². The zero-order chi connectivity index (χ0) is 20.4. The van der Waals surface area contributed by atoms with Gasteiger partial charge in [0.2, 0.25) is 0 Å². The maximum atomic E-state index is 13.4. The summed E-state index contributed by atoms with van der Waals surface area (Å²) in [6, 6.07) is 14.8. The minimum Gasteiger partial charge on any atom is -0.313 e. The van der Waals surface area contributed by atoms with Gasteiger partial charge in [0.05, 0.1) is 17.7 Å². The van der Waals surface area contributed by atoms with Crippen LogP contribution in [0.25, 0.3) is 0 Å². The maximum absolute atomic E-state index is 13.4. The number of hydrogen-bond donors (Lipinski definition) is 0. The quantitative estimate of drug-likeness (QED) is 0.758. The zero-order valence-corrected chi connectivity index (χ0v) is 15.8. The fraction of sp³-hybridized carbons (Fsp3) is 0.217. The Kier molecular flexibility index (Phi) is 5.08. The highest BCUT2D eigenvalue weighted by atomic mass is 16.2. The second kappa shape index (κ2) is 7.83. The van der Waals surface area contributed by atoms with Crippen LogP contribution in [-0.2, 0) is 16.1 Å². The van der Waals surface area contributed by atoms with Crippen molar-refractivity contribution < 1.29 is 19.2 Å². The Balaban J connectivity index is 1.69. The van der Waals surface area contributed by atoms with Gasteiger partial charge in [-0.05, 0) is 24.1 Å². The Bertz CT molecular complexity index is 978. The minimum absolute atomic E-state index is 0.147. The highest BCUT2D eigenvalue weighted by Crippen LogP contribution is 2.27. The van der Waals surface area contributed by atoms with Crippen molar-refractivity contribution in [1.29, 1.82) is 0 Å². The van der Waals surface area contributed by atoms with E-state index in [9.17, 15) is 19.2 Å². The summed E-state index contributed by atoms with van der Waals surface area (Å²) in [4.78, 5) is 54.1. The lowest BCUT2D eigenvalue weighted by Crippen LogP contribution is -2.50. The first-order valence-corrected chi connectivity index (χ1v) is 9.56. The van der Waals surface area contributed by atoms with Gasteiger partial charge in [0, 0.05) is 19.0 Å². The fourth-order valence-electron chi connectivity index (χ4n) is 3.72. The summed E-state index contributed by atoms with van der Waals surface area (Å²) >= 11 is 0. The van der Waals surface area contributed by atoms with Gasteiger partial charge in [-0.15, -0.1) is 0 Å². The van der Waals surface area contributed by atoms with Crippen molar-refractivity contribution in [3.63, 3.8) is 0 Å². The molecule has 2 aliphatic heterocycles. The van der Waals surface area contributed by atoms with Crippen LogP contribution in [0.5, 0.6) is 0 Å². The first-order chi connectivity index (χ1) is 14.1. The van der Waals surface area contributed by atoms with Crippen LogP contribution in [0.4, 0.5) is 0 Å². The van der Waals surface area contributed by atoms with Crippen LogP contribution in [0.15, 0.2) is 66.9 Å². The highest BCUT2D eigenvalue weighted by molar-refractivity contribution is 6.23. The second-order valence-corrected chi connectivity index (χ2v) is 7.16. The predicted octanol–water partition coefficient (Wildman–Crippen LogP) is 2.95. The molecule has 0 saturated heterocycles. The smallest absolute Gasteiger partial charge is 0.262 e. The lowest BCUT2D eigenvalue weighted by molar-refractivity contribution is -0.135. The van der Waals surface area contributed by atoms with Crippen molar-refractivity contribution in [2.45, 2.75) is 31.8 Å². The van der Waals surface area contributed by atoms with Crippen molar-refractivity contribution in [3.05, 3.63) is 83.6 Å². The monoisotopic (exact) mass is 388 g/mol. The average molecular weight is 388 g/mol. The van der Waals surface area contributed by atoms with E-state index in [0.717, 1.165) is 10.5 Å². The number of carbonyl (C=O) groups is 4. The lowest BCUT2D eigenvalue weighted by Gasteiger charge is -2.29. The number of ketones is 1. The number of Topliss-reactive ketones (excluding diaryl/α,β-unsaturated/α-hetero) is 1. The summed E-state index contributed by atoms with van der Waals surface area (Å²) < 4.78 is 0. The van der Waals surface area contributed by atoms with Crippen LogP contribution in [0, 0.1) is 0 Å². The van der Waals surface area contributed by atoms with Gasteiger partial charge in [-0.2, -0.15) is 0 Å². The van der Waals surface area contributed by atoms with E-state index in [1.807, 2.05) is 30.3 Å². The molecule has 0 saturated carbocycles. The molecule has 0 aliphatic carbocycles. The molecule has 0 radical (unpaired) electrons. The molecule has 0 spiro atoms. The van der Waals surface area contributed by atoms with Gasteiger partial charge in [0.1, 0.15) is 11.8 Å². The maximum Gasteiger partial charge on any atom is 0.262 e. The van der Waals surface area contributed by atoms with E-state index in [1.165, 1.54) is 4.90 Å². The van der Waals surface area contributed by atoms with Gasteiger partial charge >= 0.3 is 0 Å². The Hall–Kier alpha value is -3.54. The Morgan fingerprint density at radius 3 is 2.10 bits per heavy atom. The molecule has 1 unspecified atom stereocenters. The normalized spacial score (nSPS) is 20.9. The molecular weight excluding hydrogens is 368 g/mol.